The molecule has 0 unspecified atom stereocenters. The van der Waals surface area contributed by atoms with E-state index in [2.05, 4.69) is 25.8 Å². The zero-order valence-electron chi connectivity index (χ0n) is 9.45. The minimum atomic E-state index is -0.360. The quantitative estimate of drug-likeness (QED) is 0.480. The third kappa shape index (κ3) is 3.38. The van der Waals surface area contributed by atoms with Gasteiger partial charge in [-0.1, -0.05) is 18.2 Å². The molecule has 0 spiro atoms. The highest BCUT2D eigenvalue weighted by Gasteiger charge is 2.03. The summed E-state index contributed by atoms with van der Waals surface area (Å²) < 4.78 is 0. The molecule has 2 N–H and O–H groups in total. The maximum absolute atomic E-state index is 11.5. The summed E-state index contributed by atoms with van der Waals surface area (Å²) in [6, 6.07) is 9.40. The number of hydrazone groups is 1. The fraction of sp³-hybridized carbons (Fsp3) is 0. The van der Waals surface area contributed by atoms with Gasteiger partial charge in [-0.3, -0.25) is 15.2 Å². The topological polar surface area (TPSA) is 79.3 Å². The number of anilines is 1. The molecule has 1 aromatic heterocycles. The van der Waals surface area contributed by atoms with Crippen molar-refractivity contribution in [2.75, 3.05) is 5.43 Å². The van der Waals surface area contributed by atoms with Crippen LogP contribution in [-0.4, -0.2) is 22.2 Å². The molecule has 1 aromatic carbocycles. The number of carbonyl (C=O) groups excluding carboxylic acids is 1. The molecule has 0 saturated carbocycles. The van der Waals surface area contributed by atoms with E-state index in [1.807, 2.05) is 30.3 Å². The molecule has 6 heteroatoms. The van der Waals surface area contributed by atoms with Gasteiger partial charge in [0.15, 0.2) is 0 Å². The molecule has 1 amide bonds. The lowest BCUT2D eigenvalue weighted by Gasteiger charge is -1.99. The van der Waals surface area contributed by atoms with Crippen LogP contribution < -0.4 is 10.7 Å². The maximum Gasteiger partial charge on any atom is 0.276 e. The standard InChI is InChI=1S/C12H11N5O/c18-12(11-8-13-6-7-14-11)15-9-16-17-10-4-2-1-3-5-10/h1-9,17H,(H,15,16,18). The highest BCUT2D eigenvalue weighted by Crippen LogP contribution is 2.03. The van der Waals surface area contributed by atoms with Gasteiger partial charge in [0, 0.05) is 12.4 Å². The summed E-state index contributed by atoms with van der Waals surface area (Å²) in [6.45, 7) is 0. The number of nitrogens with zero attached hydrogens (tertiary/aromatic N) is 3. The van der Waals surface area contributed by atoms with Crippen LogP contribution in [0.25, 0.3) is 0 Å². The zero-order chi connectivity index (χ0) is 12.6. The first-order chi connectivity index (χ1) is 8.86. The highest BCUT2D eigenvalue weighted by atomic mass is 16.1. The lowest BCUT2D eigenvalue weighted by atomic mass is 10.3. The van der Waals surface area contributed by atoms with Crippen LogP contribution in [0.4, 0.5) is 5.69 Å². The van der Waals surface area contributed by atoms with Crippen molar-refractivity contribution in [3.05, 3.63) is 54.6 Å². The second-order valence-electron chi connectivity index (χ2n) is 3.30. The van der Waals surface area contributed by atoms with Crippen LogP contribution in [0.15, 0.2) is 54.0 Å². The highest BCUT2D eigenvalue weighted by molar-refractivity contribution is 5.98. The molecule has 2 aromatic rings. The Morgan fingerprint density at radius 2 is 2.06 bits per heavy atom. The minimum absolute atomic E-state index is 0.240. The number of para-hydroxylation sites is 1. The number of carbonyl (C=O) groups is 1. The Morgan fingerprint density at radius 1 is 1.22 bits per heavy atom. The van der Waals surface area contributed by atoms with Gasteiger partial charge in [-0.2, -0.15) is 5.10 Å². The van der Waals surface area contributed by atoms with Gasteiger partial charge < -0.3 is 5.32 Å². The van der Waals surface area contributed by atoms with Crippen LogP contribution in [-0.2, 0) is 0 Å². The fourth-order valence-corrected chi connectivity index (χ4v) is 1.20. The summed E-state index contributed by atoms with van der Waals surface area (Å²) in [6.07, 6.45) is 5.61. The van der Waals surface area contributed by atoms with Crippen LogP contribution in [0.3, 0.4) is 0 Å². The molecule has 0 atom stereocenters. The summed E-state index contributed by atoms with van der Waals surface area (Å²) in [7, 11) is 0. The van der Waals surface area contributed by atoms with E-state index in [0.717, 1.165) is 5.69 Å². The van der Waals surface area contributed by atoms with Crippen LogP contribution in [0.5, 0.6) is 0 Å². The Kier molecular flexibility index (Phi) is 3.97. The van der Waals surface area contributed by atoms with E-state index in [4.69, 9.17) is 0 Å². The molecule has 0 bridgehead atoms. The second-order valence-corrected chi connectivity index (χ2v) is 3.30. The van der Waals surface area contributed by atoms with Crippen molar-refractivity contribution in [3.8, 4) is 0 Å². The fourth-order valence-electron chi connectivity index (χ4n) is 1.20. The van der Waals surface area contributed by atoms with Crippen molar-refractivity contribution < 1.29 is 4.79 Å². The maximum atomic E-state index is 11.5. The second kappa shape index (κ2) is 6.09. The van der Waals surface area contributed by atoms with Crippen LogP contribution in [0, 0.1) is 0 Å². The largest absolute Gasteiger partial charge is 0.310 e. The lowest BCUT2D eigenvalue weighted by molar-refractivity contribution is 0.0973. The number of nitrogens with one attached hydrogen (secondary N) is 2. The predicted octanol–water partition coefficient (Wildman–Crippen LogP) is 1.26. The van der Waals surface area contributed by atoms with E-state index in [-0.39, 0.29) is 11.6 Å². The third-order valence-electron chi connectivity index (χ3n) is 2.02. The number of benzene rings is 1. The molecule has 0 aliphatic carbocycles. The van der Waals surface area contributed by atoms with Gasteiger partial charge in [0.1, 0.15) is 12.0 Å². The number of aromatic nitrogens is 2. The van der Waals surface area contributed by atoms with E-state index in [1.54, 1.807) is 0 Å². The van der Waals surface area contributed by atoms with E-state index in [9.17, 15) is 4.79 Å². The Labute approximate surface area is 104 Å². The molecule has 0 aliphatic heterocycles. The molecule has 0 fully saturated rings. The molecule has 0 radical (unpaired) electrons. The average Bonchev–Trinajstić information content (AvgIpc) is 2.45. The first-order valence-electron chi connectivity index (χ1n) is 5.26. The molecular weight excluding hydrogens is 230 g/mol. The summed E-state index contributed by atoms with van der Waals surface area (Å²) >= 11 is 0. The summed E-state index contributed by atoms with van der Waals surface area (Å²) in [5, 5.41) is 6.33. The Morgan fingerprint density at radius 3 is 2.78 bits per heavy atom. The van der Waals surface area contributed by atoms with Crippen molar-refractivity contribution in [2.45, 2.75) is 0 Å². The van der Waals surface area contributed by atoms with E-state index < -0.39 is 0 Å². The predicted molar refractivity (Wildman–Crippen MR) is 68.1 cm³/mol. The Balaban J connectivity index is 1.83. The Hall–Kier alpha value is -2.76. The van der Waals surface area contributed by atoms with E-state index >= 15 is 0 Å². The van der Waals surface area contributed by atoms with Crippen molar-refractivity contribution in [3.63, 3.8) is 0 Å². The van der Waals surface area contributed by atoms with Gasteiger partial charge in [-0.15, -0.1) is 0 Å². The van der Waals surface area contributed by atoms with Crippen LogP contribution >= 0.6 is 0 Å². The number of hydrogen-bond acceptors (Lipinski definition) is 5. The molecule has 1 heterocycles. The van der Waals surface area contributed by atoms with E-state index in [0.29, 0.717) is 0 Å². The van der Waals surface area contributed by atoms with Crippen molar-refractivity contribution >= 4 is 17.9 Å². The number of amides is 1. The first-order valence-corrected chi connectivity index (χ1v) is 5.26. The van der Waals surface area contributed by atoms with Gasteiger partial charge in [-0.05, 0) is 12.1 Å². The van der Waals surface area contributed by atoms with Gasteiger partial charge >= 0.3 is 0 Å². The van der Waals surface area contributed by atoms with Crippen molar-refractivity contribution in [2.24, 2.45) is 5.10 Å². The summed E-state index contributed by atoms with van der Waals surface area (Å²) in [5.74, 6) is -0.360. The smallest absolute Gasteiger partial charge is 0.276 e. The monoisotopic (exact) mass is 241 g/mol. The Bertz CT molecular complexity index is 527. The molecule has 6 nitrogen and oxygen atoms in total. The van der Waals surface area contributed by atoms with Gasteiger partial charge in [0.25, 0.3) is 5.91 Å². The van der Waals surface area contributed by atoms with Crippen molar-refractivity contribution in [1.82, 2.24) is 15.3 Å². The zero-order valence-corrected chi connectivity index (χ0v) is 9.45. The average molecular weight is 241 g/mol. The third-order valence-corrected chi connectivity index (χ3v) is 2.02. The molecule has 90 valence electrons. The summed E-state index contributed by atoms with van der Waals surface area (Å²) in [4.78, 5) is 19.2. The molecule has 0 saturated heterocycles. The van der Waals surface area contributed by atoms with Gasteiger partial charge in [0.05, 0.1) is 11.9 Å². The minimum Gasteiger partial charge on any atom is -0.310 e. The van der Waals surface area contributed by atoms with E-state index in [1.165, 1.54) is 24.9 Å². The lowest BCUT2D eigenvalue weighted by Crippen LogP contribution is -2.23. The number of hydrogen-bond donors (Lipinski definition) is 2. The molecular formula is C12H11N5O. The summed E-state index contributed by atoms with van der Waals surface area (Å²) in [5.41, 5.74) is 3.85. The molecule has 18 heavy (non-hydrogen) atoms. The molecule has 0 aliphatic rings. The normalized spacial score (nSPS) is 10.2. The van der Waals surface area contributed by atoms with Crippen molar-refractivity contribution in [1.29, 1.82) is 0 Å². The SMILES string of the molecule is O=C(N/C=N/Nc1ccccc1)c1cnccn1. The van der Waals surface area contributed by atoms with Gasteiger partial charge in [-0.25, -0.2) is 4.98 Å². The van der Waals surface area contributed by atoms with Crippen LogP contribution in [0.2, 0.25) is 0 Å². The molecule has 2 rings (SSSR count). The van der Waals surface area contributed by atoms with Crippen LogP contribution in [0.1, 0.15) is 10.5 Å². The first kappa shape index (κ1) is 11.7. The number of rotatable bonds is 4. The van der Waals surface area contributed by atoms with Gasteiger partial charge in [0.2, 0.25) is 0 Å².